The molecule has 0 radical (unpaired) electrons. The maximum atomic E-state index is 13.0. The minimum Gasteiger partial charge on any atom is -0.349 e. The summed E-state index contributed by atoms with van der Waals surface area (Å²) in [6.07, 6.45) is 1.53. The van der Waals surface area contributed by atoms with Crippen LogP contribution in [0.4, 0.5) is 11.4 Å². The number of rotatable bonds is 8. The van der Waals surface area contributed by atoms with E-state index in [1.54, 1.807) is 6.92 Å². The highest BCUT2D eigenvalue weighted by atomic mass is 32.2. The molecule has 1 unspecified atom stereocenters. The van der Waals surface area contributed by atoms with Gasteiger partial charge < -0.3 is 5.32 Å². The Kier molecular flexibility index (Phi) is 6.87. The number of carbonyl (C=O) groups is 1. The number of nitro groups is 1. The van der Waals surface area contributed by atoms with Gasteiger partial charge in [0.15, 0.2) is 0 Å². The van der Waals surface area contributed by atoms with Gasteiger partial charge >= 0.3 is 0 Å². The zero-order valence-electron chi connectivity index (χ0n) is 17.7. The van der Waals surface area contributed by atoms with Crippen molar-refractivity contribution in [2.45, 2.75) is 45.7 Å². The molecule has 2 aromatic rings. The second kappa shape index (κ2) is 8.83. The van der Waals surface area contributed by atoms with Crippen LogP contribution in [-0.2, 0) is 21.2 Å². The molecule has 0 aliphatic carbocycles. The number of hydrogen-bond donors (Lipinski definition) is 1. The van der Waals surface area contributed by atoms with E-state index in [9.17, 15) is 23.3 Å². The molecule has 1 N–H and O–H groups in total. The first kappa shape index (κ1) is 23.3. The van der Waals surface area contributed by atoms with Crippen LogP contribution in [0.15, 0.2) is 48.5 Å². The highest BCUT2D eigenvalue weighted by Gasteiger charge is 2.33. The third kappa shape index (κ3) is 5.79. The van der Waals surface area contributed by atoms with Crippen molar-refractivity contribution in [3.8, 4) is 0 Å². The molecule has 0 aliphatic heterocycles. The predicted octanol–water partition coefficient (Wildman–Crippen LogP) is 3.20. The average molecular weight is 434 g/mol. The van der Waals surface area contributed by atoms with Crippen LogP contribution < -0.4 is 9.62 Å². The first-order valence-electron chi connectivity index (χ1n) is 9.42. The summed E-state index contributed by atoms with van der Waals surface area (Å²) in [7, 11) is -3.89. The second-order valence-corrected chi connectivity index (χ2v) is 9.86. The molecule has 0 heterocycles. The lowest BCUT2D eigenvalue weighted by Gasteiger charge is -2.33. The molecule has 30 heavy (non-hydrogen) atoms. The normalized spacial score (nSPS) is 12.8. The van der Waals surface area contributed by atoms with Gasteiger partial charge in [0, 0.05) is 17.7 Å². The first-order valence-corrected chi connectivity index (χ1v) is 11.3. The molecule has 0 fully saturated rings. The minimum absolute atomic E-state index is 0.107. The van der Waals surface area contributed by atoms with E-state index in [0.717, 1.165) is 16.1 Å². The fraction of sp³-hybridized carbons (Fsp3) is 0.381. The van der Waals surface area contributed by atoms with Crippen molar-refractivity contribution >= 4 is 27.3 Å². The molecule has 2 rings (SSSR count). The summed E-state index contributed by atoms with van der Waals surface area (Å²) >= 11 is 0. The number of amides is 1. The van der Waals surface area contributed by atoms with Gasteiger partial charge in [-0.25, -0.2) is 8.42 Å². The summed E-state index contributed by atoms with van der Waals surface area (Å²) < 4.78 is 26.0. The van der Waals surface area contributed by atoms with E-state index in [-0.39, 0.29) is 11.4 Å². The molecule has 1 amide bonds. The average Bonchev–Trinajstić information content (AvgIpc) is 2.62. The monoisotopic (exact) mass is 433 g/mol. The Hall–Kier alpha value is -2.94. The number of benzene rings is 2. The summed E-state index contributed by atoms with van der Waals surface area (Å²) in [6, 6.07) is 12.5. The van der Waals surface area contributed by atoms with Gasteiger partial charge in [-0.15, -0.1) is 0 Å². The molecule has 2 aromatic carbocycles. The van der Waals surface area contributed by atoms with Crippen molar-refractivity contribution in [1.29, 1.82) is 0 Å². The Morgan fingerprint density at radius 1 is 1.20 bits per heavy atom. The Labute approximate surface area is 177 Å². The summed E-state index contributed by atoms with van der Waals surface area (Å²) in [4.78, 5) is 23.5. The fourth-order valence-electron chi connectivity index (χ4n) is 3.32. The molecule has 1 atom stereocenters. The third-order valence-electron chi connectivity index (χ3n) is 4.68. The number of nitro benzene ring substituents is 1. The molecule has 9 heteroatoms. The van der Waals surface area contributed by atoms with Gasteiger partial charge in [0.1, 0.15) is 6.04 Å². The summed E-state index contributed by atoms with van der Waals surface area (Å²) in [6.45, 7) is 6.82. The number of non-ortho nitro benzene ring substituents is 1. The Balaban J connectivity index is 2.34. The Bertz CT molecular complexity index is 1040. The smallest absolute Gasteiger partial charge is 0.271 e. The van der Waals surface area contributed by atoms with Gasteiger partial charge in [0.05, 0.1) is 16.9 Å². The maximum Gasteiger partial charge on any atom is 0.271 e. The lowest BCUT2D eigenvalue weighted by Crippen LogP contribution is -2.54. The van der Waals surface area contributed by atoms with Crippen LogP contribution in [-0.4, -0.2) is 37.1 Å². The number of nitrogens with zero attached hydrogens (tertiary/aromatic N) is 2. The lowest BCUT2D eigenvalue weighted by molar-refractivity contribution is -0.384. The molecule has 0 aromatic heterocycles. The van der Waals surface area contributed by atoms with E-state index in [4.69, 9.17) is 0 Å². The molecule has 0 spiro atoms. The van der Waals surface area contributed by atoms with Crippen LogP contribution in [0.1, 0.15) is 31.9 Å². The van der Waals surface area contributed by atoms with E-state index in [1.807, 2.05) is 44.2 Å². The van der Waals surface area contributed by atoms with Crippen molar-refractivity contribution in [1.82, 2.24) is 5.32 Å². The fourth-order valence-corrected chi connectivity index (χ4v) is 4.54. The lowest BCUT2D eigenvalue weighted by atomic mass is 9.94. The van der Waals surface area contributed by atoms with Crippen molar-refractivity contribution in [2.75, 3.05) is 10.6 Å². The molecule has 0 bridgehead atoms. The largest absolute Gasteiger partial charge is 0.349 e. The highest BCUT2D eigenvalue weighted by Crippen LogP contribution is 2.29. The Morgan fingerprint density at radius 3 is 2.33 bits per heavy atom. The molecule has 162 valence electrons. The molecule has 0 saturated heterocycles. The van der Waals surface area contributed by atoms with E-state index in [0.29, 0.717) is 12.0 Å². The van der Waals surface area contributed by atoms with Crippen LogP contribution in [0.5, 0.6) is 0 Å². The molecular formula is C21H27N3O5S. The van der Waals surface area contributed by atoms with Crippen molar-refractivity contribution in [3.63, 3.8) is 0 Å². The van der Waals surface area contributed by atoms with Crippen LogP contribution in [0.3, 0.4) is 0 Å². The van der Waals surface area contributed by atoms with Gasteiger partial charge in [0.25, 0.3) is 5.69 Å². The highest BCUT2D eigenvalue weighted by molar-refractivity contribution is 7.92. The topological polar surface area (TPSA) is 110 Å². The number of aryl methyl sites for hydroxylation is 1. The van der Waals surface area contributed by atoms with E-state index in [2.05, 4.69) is 5.32 Å². The maximum absolute atomic E-state index is 13.0. The van der Waals surface area contributed by atoms with Crippen molar-refractivity contribution in [2.24, 2.45) is 0 Å². The Morgan fingerprint density at radius 2 is 1.80 bits per heavy atom. The van der Waals surface area contributed by atoms with Gasteiger partial charge in [-0.05, 0) is 45.2 Å². The zero-order valence-corrected chi connectivity index (χ0v) is 18.6. The van der Waals surface area contributed by atoms with Crippen LogP contribution in [0, 0.1) is 17.0 Å². The molecule has 0 saturated carbocycles. The number of nitrogens with one attached hydrogen (secondary N) is 1. The zero-order chi connectivity index (χ0) is 22.7. The van der Waals surface area contributed by atoms with Crippen LogP contribution in [0.2, 0.25) is 0 Å². The predicted molar refractivity (Wildman–Crippen MR) is 117 cm³/mol. The van der Waals surface area contributed by atoms with Crippen LogP contribution >= 0.6 is 0 Å². The van der Waals surface area contributed by atoms with E-state index < -0.39 is 32.4 Å². The molecule has 0 aliphatic rings. The van der Waals surface area contributed by atoms with Crippen molar-refractivity contribution < 1.29 is 18.1 Å². The summed E-state index contributed by atoms with van der Waals surface area (Å²) in [5.41, 5.74) is 0.767. The molecule has 8 nitrogen and oxygen atoms in total. The van der Waals surface area contributed by atoms with E-state index >= 15 is 0 Å². The van der Waals surface area contributed by atoms with Gasteiger partial charge in [-0.3, -0.25) is 19.2 Å². The van der Waals surface area contributed by atoms with Gasteiger partial charge in [-0.1, -0.05) is 36.4 Å². The van der Waals surface area contributed by atoms with Crippen molar-refractivity contribution in [3.05, 3.63) is 69.8 Å². The number of carbonyl (C=O) groups excluding carboxylic acids is 1. The summed E-state index contributed by atoms with van der Waals surface area (Å²) in [5, 5.41) is 14.1. The quantitative estimate of drug-likeness (QED) is 0.508. The standard InChI is InChI=1S/C21H27N3O5S/c1-15-11-12-18(24(26)27)13-19(15)23(30(5,28)29)16(2)20(25)22-21(3,4)14-17-9-7-6-8-10-17/h6-13,16H,14H2,1-5H3,(H,22,25). The number of sulfonamides is 1. The molecular weight excluding hydrogens is 406 g/mol. The van der Waals surface area contributed by atoms with Gasteiger partial charge in [-0.2, -0.15) is 0 Å². The third-order valence-corrected chi connectivity index (χ3v) is 5.91. The second-order valence-electron chi connectivity index (χ2n) is 8.00. The van der Waals surface area contributed by atoms with E-state index in [1.165, 1.54) is 25.1 Å². The van der Waals surface area contributed by atoms with Crippen LogP contribution in [0.25, 0.3) is 0 Å². The minimum atomic E-state index is -3.89. The SMILES string of the molecule is Cc1ccc([N+](=O)[O-])cc1N(C(C)C(=O)NC(C)(C)Cc1ccccc1)S(C)(=O)=O. The number of hydrogen-bond acceptors (Lipinski definition) is 5. The first-order chi connectivity index (χ1) is 13.8. The van der Waals surface area contributed by atoms with Gasteiger partial charge in [0.2, 0.25) is 15.9 Å². The summed E-state index contributed by atoms with van der Waals surface area (Å²) in [5.74, 6) is -0.493. The number of anilines is 1.